The van der Waals surface area contributed by atoms with Gasteiger partial charge in [0.2, 0.25) is 0 Å². The molecular formula is C17H24N2. The van der Waals surface area contributed by atoms with Gasteiger partial charge < -0.3 is 5.73 Å². The zero-order chi connectivity index (χ0) is 13.7. The molecule has 0 fully saturated rings. The number of pyridine rings is 1. The van der Waals surface area contributed by atoms with Crippen LogP contribution in [-0.4, -0.2) is 4.98 Å². The van der Waals surface area contributed by atoms with Crippen molar-refractivity contribution in [2.24, 2.45) is 11.7 Å². The molecule has 0 aliphatic heterocycles. The van der Waals surface area contributed by atoms with E-state index in [1.807, 2.05) is 12.4 Å². The van der Waals surface area contributed by atoms with Crippen molar-refractivity contribution in [3.63, 3.8) is 0 Å². The van der Waals surface area contributed by atoms with E-state index in [4.69, 9.17) is 5.73 Å². The molecule has 1 aromatic heterocycles. The lowest BCUT2D eigenvalue weighted by molar-refractivity contribution is 0.380. The summed E-state index contributed by atoms with van der Waals surface area (Å²) in [5.41, 5.74) is 7.80. The third-order valence-corrected chi connectivity index (χ3v) is 4.03. The first-order valence-electron chi connectivity index (χ1n) is 7.36. The molecule has 2 unspecified atom stereocenters. The number of fused-ring (bicyclic) bond motifs is 1. The number of rotatable bonds is 6. The van der Waals surface area contributed by atoms with E-state index in [-0.39, 0.29) is 6.04 Å². The van der Waals surface area contributed by atoms with Gasteiger partial charge in [0.05, 0.1) is 0 Å². The smallest absolute Gasteiger partial charge is 0.0346 e. The fraction of sp³-hybridized carbons (Fsp3) is 0.471. The van der Waals surface area contributed by atoms with Crippen LogP contribution in [0.1, 0.15) is 51.1 Å². The Kier molecular flexibility index (Phi) is 4.92. The van der Waals surface area contributed by atoms with Gasteiger partial charge in [0.1, 0.15) is 0 Å². The maximum Gasteiger partial charge on any atom is 0.0346 e. The second kappa shape index (κ2) is 6.67. The number of nitrogens with two attached hydrogens (primary N) is 1. The van der Waals surface area contributed by atoms with E-state index in [1.165, 1.54) is 35.6 Å². The lowest BCUT2D eigenvalue weighted by Gasteiger charge is -2.24. The Hall–Kier alpha value is -1.41. The van der Waals surface area contributed by atoms with Crippen LogP contribution < -0.4 is 5.73 Å². The monoisotopic (exact) mass is 256 g/mol. The predicted molar refractivity (Wildman–Crippen MR) is 82.0 cm³/mol. The molecule has 2 heteroatoms. The molecule has 2 nitrogen and oxygen atoms in total. The molecule has 2 atom stereocenters. The van der Waals surface area contributed by atoms with Gasteiger partial charge in [0.15, 0.2) is 0 Å². The van der Waals surface area contributed by atoms with Gasteiger partial charge in [-0.2, -0.15) is 0 Å². The molecule has 0 amide bonds. The van der Waals surface area contributed by atoms with Crippen LogP contribution in [0.4, 0.5) is 0 Å². The van der Waals surface area contributed by atoms with Crippen molar-refractivity contribution in [3.8, 4) is 0 Å². The first kappa shape index (κ1) is 14.0. The summed E-state index contributed by atoms with van der Waals surface area (Å²) in [6, 6.07) is 8.57. The first-order valence-corrected chi connectivity index (χ1v) is 7.36. The Balaban J connectivity index is 2.31. The highest BCUT2D eigenvalue weighted by molar-refractivity contribution is 5.85. The number of hydrogen-bond donors (Lipinski definition) is 1. The highest BCUT2D eigenvalue weighted by atomic mass is 14.7. The van der Waals surface area contributed by atoms with Crippen LogP contribution in [0.2, 0.25) is 0 Å². The summed E-state index contributed by atoms with van der Waals surface area (Å²) < 4.78 is 0. The molecule has 2 rings (SSSR count). The molecule has 19 heavy (non-hydrogen) atoms. The molecule has 2 aromatic rings. The summed E-state index contributed by atoms with van der Waals surface area (Å²) in [5.74, 6) is 0.568. The Morgan fingerprint density at radius 1 is 1.21 bits per heavy atom. The van der Waals surface area contributed by atoms with E-state index in [0.29, 0.717) is 5.92 Å². The standard InChI is InChI=1S/C17H24N2/c1-3-5-7-13(4-2)17(18)16-9-6-8-14-12-19-11-10-15(14)16/h6,8-13,17H,3-5,7,18H2,1-2H3. The minimum atomic E-state index is 0.127. The number of aromatic nitrogens is 1. The highest BCUT2D eigenvalue weighted by Gasteiger charge is 2.19. The van der Waals surface area contributed by atoms with Crippen molar-refractivity contribution in [1.29, 1.82) is 0 Å². The SMILES string of the molecule is CCCCC(CC)C(N)c1cccc2cnccc12. The normalized spacial score (nSPS) is 14.5. The van der Waals surface area contributed by atoms with Crippen LogP contribution >= 0.6 is 0 Å². The van der Waals surface area contributed by atoms with Crippen LogP contribution in [0.3, 0.4) is 0 Å². The molecule has 1 heterocycles. The minimum absolute atomic E-state index is 0.127. The fourth-order valence-corrected chi connectivity index (χ4v) is 2.80. The van der Waals surface area contributed by atoms with Crippen molar-refractivity contribution < 1.29 is 0 Å². The number of benzene rings is 1. The molecule has 0 saturated carbocycles. The van der Waals surface area contributed by atoms with E-state index in [9.17, 15) is 0 Å². The minimum Gasteiger partial charge on any atom is -0.324 e. The van der Waals surface area contributed by atoms with Gasteiger partial charge in [-0.05, 0) is 29.4 Å². The van der Waals surface area contributed by atoms with Crippen LogP contribution in [0.25, 0.3) is 10.8 Å². The molecule has 0 spiro atoms. The van der Waals surface area contributed by atoms with Gasteiger partial charge in [-0.15, -0.1) is 0 Å². The Morgan fingerprint density at radius 3 is 2.79 bits per heavy atom. The van der Waals surface area contributed by atoms with Crippen molar-refractivity contribution >= 4 is 10.8 Å². The van der Waals surface area contributed by atoms with E-state index >= 15 is 0 Å². The maximum atomic E-state index is 6.54. The summed E-state index contributed by atoms with van der Waals surface area (Å²) in [4.78, 5) is 4.19. The summed E-state index contributed by atoms with van der Waals surface area (Å²) in [7, 11) is 0. The summed E-state index contributed by atoms with van der Waals surface area (Å²) in [6.07, 6.45) is 8.63. The Labute approximate surface area is 116 Å². The maximum absolute atomic E-state index is 6.54. The molecule has 0 bridgehead atoms. The predicted octanol–water partition coefficient (Wildman–Crippen LogP) is 4.45. The Morgan fingerprint density at radius 2 is 2.05 bits per heavy atom. The van der Waals surface area contributed by atoms with E-state index in [1.54, 1.807) is 0 Å². The molecule has 0 aliphatic carbocycles. The zero-order valence-corrected chi connectivity index (χ0v) is 12.0. The summed E-state index contributed by atoms with van der Waals surface area (Å²) >= 11 is 0. The van der Waals surface area contributed by atoms with Gasteiger partial charge in [0, 0.05) is 23.8 Å². The van der Waals surface area contributed by atoms with E-state index < -0.39 is 0 Å². The van der Waals surface area contributed by atoms with Crippen molar-refractivity contribution in [2.75, 3.05) is 0 Å². The molecule has 102 valence electrons. The number of nitrogens with zero attached hydrogens (tertiary/aromatic N) is 1. The third kappa shape index (κ3) is 3.13. The average molecular weight is 256 g/mol. The Bertz CT molecular complexity index is 516. The first-order chi connectivity index (χ1) is 9.27. The topological polar surface area (TPSA) is 38.9 Å². The molecule has 2 N–H and O–H groups in total. The quantitative estimate of drug-likeness (QED) is 0.829. The second-order valence-corrected chi connectivity index (χ2v) is 5.28. The number of hydrogen-bond acceptors (Lipinski definition) is 2. The summed E-state index contributed by atoms with van der Waals surface area (Å²) in [6.45, 7) is 4.48. The molecule has 0 radical (unpaired) electrons. The van der Waals surface area contributed by atoms with Gasteiger partial charge >= 0.3 is 0 Å². The van der Waals surface area contributed by atoms with E-state index in [0.717, 1.165) is 6.42 Å². The molecular weight excluding hydrogens is 232 g/mol. The van der Waals surface area contributed by atoms with Gasteiger partial charge in [-0.3, -0.25) is 4.98 Å². The van der Waals surface area contributed by atoms with Gasteiger partial charge in [0.25, 0.3) is 0 Å². The lowest BCUT2D eigenvalue weighted by atomic mass is 9.86. The van der Waals surface area contributed by atoms with Crippen LogP contribution in [0.5, 0.6) is 0 Å². The van der Waals surface area contributed by atoms with Gasteiger partial charge in [-0.1, -0.05) is 51.3 Å². The van der Waals surface area contributed by atoms with Crippen LogP contribution in [-0.2, 0) is 0 Å². The zero-order valence-electron chi connectivity index (χ0n) is 12.0. The lowest BCUT2D eigenvalue weighted by Crippen LogP contribution is -2.21. The molecule has 0 saturated heterocycles. The molecule has 1 aromatic carbocycles. The largest absolute Gasteiger partial charge is 0.324 e. The van der Waals surface area contributed by atoms with Crippen LogP contribution in [0.15, 0.2) is 36.7 Å². The highest BCUT2D eigenvalue weighted by Crippen LogP contribution is 2.31. The van der Waals surface area contributed by atoms with Gasteiger partial charge in [-0.25, -0.2) is 0 Å². The van der Waals surface area contributed by atoms with E-state index in [2.05, 4.69) is 43.1 Å². The fourth-order valence-electron chi connectivity index (χ4n) is 2.80. The molecule has 0 aliphatic rings. The number of unbranched alkanes of at least 4 members (excludes halogenated alkanes) is 1. The van der Waals surface area contributed by atoms with Crippen molar-refractivity contribution in [1.82, 2.24) is 4.98 Å². The second-order valence-electron chi connectivity index (χ2n) is 5.28. The van der Waals surface area contributed by atoms with Crippen molar-refractivity contribution in [2.45, 2.75) is 45.6 Å². The third-order valence-electron chi connectivity index (χ3n) is 4.03. The van der Waals surface area contributed by atoms with Crippen molar-refractivity contribution in [3.05, 3.63) is 42.2 Å². The summed E-state index contributed by atoms with van der Waals surface area (Å²) in [5, 5.41) is 2.43. The van der Waals surface area contributed by atoms with Crippen LogP contribution in [0, 0.1) is 5.92 Å². The average Bonchev–Trinajstić information content (AvgIpc) is 2.47.